The molecule has 4 aliphatic heterocycles. The Kier molecular flexibility index (Phi) is 8.50. The topological polar surface area (TPSA) is 129 Å². The molecule has 0 bridgehead atoms. The molecule has 1 aliphatic carbocycles. The molecule has 1 saturated heterocycles. The van der Waals surface area contributed by atoms with Crippen LogP contribution in [0.3, 0.4) is 0 Å². The number of amides is 3. The summed E-state index contributed by atoms with van der Waals surface area (Å²) in [6.45, 7) is 3.13. The lowest BCUT2D eigenvalue weighted by Gasteiger charge is -2.29. The van der Waals surface area contributed by atoms with Gasteiger partial charge in [0.1, 0.15) is 5.75 Å². The number of ether oxygens (including phenoxy) is 3. The third kappa shape index (κ3) is 5.92. The molecular formula is C40H43N3O8. The summed E-state index contributed by atoms with van der Waals surface area (Å²) in [4.78, 5) is 44.5. The highest BCUT2D eigenvalue weighted by molar-refractivity contribution is 6.04. The molecule has 11 nitrogen and oxygen atoms in total. The number of benzene rings is 3. The Labute approximate surface area is 297 Å². The maximum atomic E-state index is 13.8. The summed E-state index contributed by atoms with van der Waals surface area (Å²) >= 11 is 0. The predicted octanol–water partition coefficient (Wildman–Crippen LogP) is 4.84. The maximum Gasteiger partial charge on any atom is 0.258 e. The van der Waals surface area contributed by atoms with E-state index < -0.39 is 12.3 Å². The van der Waals surface area contributed by atoms with Crippen LogP contribution in [0.25, 0.3) is 5.57 Å². The molecule has 266 valence electrons. The molecule has 8 rings (SSSR count). The largest absolute Gasteiger partial charge is 0.493 e. The second-order valence-electron chi connectivity index (χ2n) is 14.6. The van der Waals surface area contributed by atoms with Crippen molar-refractivity contribution in [2.75, 3.05) is 31.8 Å². The number of hydrogen-bond acceptors (Lipinski definition) is 8. The highest BCUT2D eigenvalue weighted by atomic mass is 16.5. The molecule has 3 atom stereocenters. The average Bonchev–Trinajstić information content (AvgIpc) is 3.65. The van der Waals surface area contributed by atoms with E-state index in [2.05, 4.69) is 0 Å². The number of anilines is 1. The number of nitrogens with zero attached hydrogens (tertiary/aromatic N) is 3. The number of aliphatic hydroxyl groups excluding tert-OH is 2. The monoisotopic (exact) mass is 693 g/mol. The molecule has 3 aromatic rings. The number of methoxy groups -OCH3 is 1. The van der Waals surface area contributed by atoms with Crippen molar-refractivity contribution in [2.45, 2.75) is 76.8 Å². The molecule has 4 heterocycles. The normalized spacial score (nSPS) is 22.8. The van der Waals surface area contributed by atoms with Gasteiger partial charge in [-0.2, -0.15) is 0 Å². The summed E-state index contributed by atoms with van der Waals surface area (Å²) in [7, 11) is 1.56. The zero-order chi connectivity index (χ0) is 35.4. The Morgan fingerprint density at radius 2 is 1.73 bits per heavy atom. The number of aryl methyl sites for hydroxylation is 2. The predicted molar refractivity (Wildman–Crippen MR) is 189 cm³/mol. The third-order valence-electron chi connectivity index (χ3n) is 11.4. The summed E-state index contributed by atoms with van der Waals surface area (Å²) in [5.41, 5.74) is 6.15. The fraction of sp³-hybridized carbons (Fsp3) is 0.425. The number of hydrogen-bond donors (Lipinski definition) is 2. The average molecular weight is 694 g/mol. The van der Waals surface area contributed by atoms with Gasteiger partial charge in [0.2, 0.25) is 6.41 Å². The first kappa shape index (κ1) is 33.3. The van der Waals surface area contributed by atoms with Crippen LogP contribution in [-0.2, 0) is 17.8 Å². The quantitative estimate of drug-likeness (QED) is 0.228. The van der Waals surface area contributed by atoms with Gasteiger partial charge >= 0.3 is 0 Å². The van der Waals surface area contributed by atoms with Gasteiger partial charge in [-0.05, 0) is 96.9 Å². The molecule has 11 heteroatoms. The molecule has 2 N–H and O–H groups in total. The molecule has 5 aliphatic rings. The van der Waals surface area contributed by atoms with Crippen LogP contribution in [0.2, 0.25) is 0 Å². The van der Waals surface area contributed by atoms with E-state index in [0.29, 0.717) is 73.1 Å². The fourth-order valence-corrected chi connectivity index (χ4v) is 8.27. The zero-order valence-corrected chi connectivity index (χ0v) is 29.0. The number of aliphatic hydroxyl groups is 2. The second kappa shape index (κ2) is 13.0. The van der Waals surface area contributed by atoms with Crippen molar-refractivity contribution in [1.82, 2.24) is 9.80 Å². The first-order valence-electron chi connectivity index (χ1n) is 17.8. The first-order valence-corrected chi connectivity index (χ1v) is 17.8. The van der Waals surface area contributed by atoms with Crippen molar-refractivity contribution in [3.63, 3.8) is 0 Å². The van der Waals surface area contributed by atoms with Gasteiger partial charge in [-0.3, -0.25) is 19.3 Å². The molecule has 3 amide bonds. The van der Waals surface area contributed by atoms with Gasteiger partial charge in [0, 0.05) is 36.8 Å². The molecule has 3 aromatic carbocycles. The van der Waals surface area contributed by atoms with Crippen molar-refractivity contribution in [2.24, 2.45) is 5.41 Å². The van der Waals surface area contributed by atoms with E-state index in [1.54, 1.807) is 30.2 Å². The minimum atomic E-state index is -1.12. The van der Waals surface area contributed by atoms with Crippen LogP contribution in [0.5, 0.6) is 17.2 Å². The summed E-state index contributed by atoms with van der Waals surface area (Å²) in [5, 5.41) is 20.6. The Morgan fingerprint density at radius 1 is 0.961 bits per heavy atom. The lowest BCUT2D eigenvalue weighted by Crippen LogP contribution is -2.48. The van der Waals surface area contributed by atoms with Crippen LogP contribution < -0.4 is 19.1 Å². The minimum absolute atomic E-state index is 0.00181. The van der Waals surface area contributed by atoms with Crippen molar-refractivity contribution < 1.29 is 38.8 Å². The molecule has 51 heavy (non-hydrogen) atoms. The Bertz CT molecular complexity index is 1920. The van der Waals surface area contributed by atoms with Crippen molar-refractivity contribution >= 4 is 29.5 Å². The molecule has 2 fully saturated rings. The van der Waals surface area contributed by atoms with Crippen LogP contribution in [0, 0.1) is 12.3 Å². The van der Waals surface area contributed by atoms with E-state index in [-0.39, 0.29) is 29.9 Å². The van der Waals surface area contributed by atoms with E-state index in [0.717, 1.165) is 59.9 Å². The highest BCUT2D eigenvalue weighted by Crippen LogP contribution is 2.56. The van der Waals surface area contributed by atoms with Crippen LogP contribution in [0.4, 0.5) is 5.69 Å². The van der Waals surface area contributed by atoms with Crippen molar-refractivity contribution in [3.05, 3.63) is 88.1 Å². The van der Waals surface area contributed by atoms with Gasteiger partial charge in [0.15, 0.2) is 17.7 Å². The highest BCUT2D eigenvalue weighted by Gasteiger charge is 2.57. The van der Waals surface area contributed by atoms with Gasteiger partial charge in [0.05, 0.1) is 44.2 Å². The van der Waals surface area contributed by atoms with Crippen LogP contribution in [0.1, 0.15) is 81.5 Å². The van der Waals surface area contributed by atoms with Crippen molar-refractivity contribution in [3.8, 4) is 17.2 Å². The number of rotatable bonds is 10. The molecule has 1 saturated carbocycles. The number of carbonyl (C=O) groups is 3. The molecule has 0 aromatic heterocycles. The van der Waals surface area contributed by atoms with E-state index in [9.17, 15) is 24.6 Å². The van der Waals surface area contributed by atoms with Crippen LogP contribution in [0.15, 0.2) is 54.7 Å². The SMILES string of the molecule is COc1cc2c(cc1OCCCOc1cc3c(cc1C)C(=O)N1CC4(CC4)C[C@H]1C(O)N3C=O)CC[C@@H]1CC(c3ccc(CO)cc3)=CN1C2=O. The van der Waals surface area contributed by atoms with Crippen LogP contribution >= 0.6 is 0 Å². The van der Waals surface area contributed by atoms with Gasteiger partial charge in [0.25, 0.3) is 11.8 Å². The minimum Gasteiger partial charge on any atom is -0.493 e. The summed E-state index contributed by atoms with van der Waals surface area (Å²) in [6, 6.07) is 14.6. The fourth-order valence-electron chi connectivity index (χ4n) is 8.27. The molecule has 1 unspecified atom stereocenters. The Balaban J connectivity index is 0.920. The third-order valence-corrected chi connectivity index (χ3v) is 11.4. The lowest BCUT2D eigenvalue weighted by molar-refractivity contribution is -0.109. The second-order valence-corrected chi connectivity index (χ2v) is 14.6. The number of carbonyl (C=O) groups excluding carboxylic acids is 3. The smallest absolute Gasteiger partial charge is 0.258 e. The maximum absolute atomic E-state index is 13.8. The van der Waals surface area contributed by atoms with Gasteiger partial charge in [-0.25, -0.2) is 0 Å². The first-order chi connectivity index (χ1) is 24.7. The summed E-state index contributed by atoms with van der Waals surface area (Å²) in [5.74, 6) is 1.36. The van der Waals surface area contributed by atoms with E-state index >= 15 is 0 Å². The van der Waals surface area contributed by atoms with Gasteiger partial charge in [-0.15, -0.1) is 0 Å². The molecular weight excluding hydrogens is 650 g/mol. The van der Waals surface area contributed by atoms with E-state index in [4.69, 9.17) is 14.2 Å². The van der Waals surface area contributed by atoms with Crippen molar-refractivity contribution in [1.29, 1.82) is 0 Å². The number of fused-ring (bicyclic) bond motifs is 4. The lowest BCUT2D eigenvalue weighted by atomic mass is 9.97. The van der Waals surface area contributed by atoms with Crippen LogP contribution in [-0.4, -0.2) is 83.4 Å². The van der Waals surface area contributed by atoms with E-state index in [1.165, 1.54) is 4.90 Å². The van der Waals surface area contributed by atoms with Gasteiger partial charge < -0.3 is 34.2 Å². The van der Waals surface area contributed by atoms with Gasteiger partial charge in [-0.1, -0.05) is 24.3 Å². The zero-order valence-electron chi connectivity index (χ0n) is 29.0. The Morgan fingerprint density at radius 3 is 2.43 bits per heavy atom. The summed E-state index contributed by atoms with van der Waals surface area (Å²) in [6.07, 6.45) is 7.08. The Hall–Kier alpha value is -4.87. The molecule has 0 radical (unpaired) electrons. The molecule has 1 spiro atoms. The van der Waals surface area contributed by atoms with E-state index in [1.807, 2.05) is 48.4 Å². The summed E-state index contributed by atoms with van der Waals surface area (Å²) < 4.78 is 18.0. The standard InChI is InChI=1S/C40H43N3O8/c1-24-14-31-32(43(23-45)39(48)33-19-40(10-11-40)22-42(33)38(31)47)18-34(24)50-12-3-13-51-36-16-27-8-9-29-15-28(26-6-4-25(21-44)5-7-26)20-41(29)37(46)30(27)17-35(36)49-2/h4-7,14,16-18,20,23,29,33,39,44,48H,3,8-13,15,19,21-22H2,1-2H3/t29-,33+,39?/m1/s1.